The summed E-state index contributed by atoms with van der Waals surface area (Å²) in [5.41, 5.74) is 8.33. The number of pyridine rings is 1. The Balaban J connectivity index is 2.06. The largest absolute Gasteiger partial charge is 0.384 e. The van der Waals surface area contributed by atoms with E-state index in [-0.39, 0.29) is 0 Å². The van der Waals surface area contributed by atoms with Crippen LogP contribution in [0.25, 0.3) is 0 Å². The summed E-state index contributed by atoms with van der Waals surface area (Å²) in [5, 5.41) is 3.63. The number of nitrogen functional groups attached to an aromatic ring is 1. The first kappa shape index (κ1) is 16.0. The lowest BCUT2D eigenvalue weighted by Gasteiger charge is -2.19. The van der Waals surface area contributed by atoms with E-state index >= 15 is 0 Å². The van der Waals surface area contributed by atoms with Crippen molar-refractivity contribution in [3.05, 3.63) is 58.2 Å². The van der Waals surface area contributed by atoms with Gasteiger partial charge in [-0.3, -0.25) is 0 Å². The molecule has 0 spiro atoms. The van der Waals surface area contributed by atoms with Gasteiger partial charge in [-0.15, -0.1) is 0 Å². The number of nitrogens with zero attached hydrogens (tertiary/aromatic N) is 1. The van der Waals surface area contributed by atoms with Crippen molar-refractivity contribution in [1.29, 1.82) is 0 Å². The zero-order valence-corrected chi connectivity index (χ0v) is 13.9. The van der Waals surface area contributed by atoms with Crippen LogP contribution in [0, 0.1) is 0 Å². The van der Waals surface area contributed by atoms with Gasteiger partial charge in [0, 0.05) is 16.7 Å². The van der Waals surface area contributed by atoms with Crippen molar-refractivity contribution in [2.75, 3.05) is 12.3 Å². The molecule has 0 fully saturated rings. The van der Waals surface area contributed by atoms with E-state index in [1.807, 2.05) is 12.1 Å². The summed E-state index contributed by atoms with van der Waals surface area (Å²) >= 11 is 3.54. The molecule has 3 nitrogen and oxygen atoms in total. The van der Waals surface area contributed by atoms with E-state index in [0.29, 0.717) is 11.9 Å². The van der Waals surface area contributed by atoms with Gasteiger partial charge in [-0.05, 0) is 61.2 Å². The number of anilines is 1. The summed E-state index contributed by atoms with van der Waals surface area (Å²) in [6, 6.07) is 12.9. The molecule has 0 aliphatic rings. The number of hydrogen-bond donors (Lipinski definition) is 2. The summed E-state index contributed by atoms with van der Waals surface area (Å²) in [7, 11) is 0. The van der Waals surface area contributed by atoms with Crippen molar-refractivity contribution in [3.63, 3.8) is 0 Å². The summed E-state index contributed by atoms with van der Waals surface area (Å²) < 4.78 is 1.13. The molecule has 0 saturated heterocycles. The fourth-order valence-corrected chi connectivity index (χ4v) is 2.87. The summed E-state index contributed by atoms with van der Waals surface area (Å²) in [5.74, 6) is 0.587. The van der Waals surface area contributed by atoms with Crippen LogP contribution >= 0.6 is 15.9 Å². The lowest BCUT2D eigenvalue weighted by molar-refractivity contribution is 0.504. The van der Waals surface area contributed by atoms with Crippen LogP contribution in [0.1, 0.15) is 24.5 Å². The third-order valence-electron chi connectivity index (χ3n) is 3.38. The Hall–Kier alpha value is -1.39. The highest BCUT2D eigenvalue weighted by Crippen LogP contribution is 2.15. The standard InChI is InChI=1S/C17H22BrN3/c1-2-7-20-16(10-13-4-3-5-15(18)9-13)11-14-6-8-21-17(19)12-14/h3-6,8-9,12,16,20H,2,7,10-11H2,1H3,(H2,19,21). The van der Waals surface area contributed by atoms with Crippen molar-refractivity contribution in [2.45, 2.75) is 32.2 Å². The molecule has 1 unspecified atom stereocenters. The maximum absolute atomic E-state index is 5.77. The topological polar surface area (TPSA) is 50.9 Å². The van der Waals surface area contributed by atoms with Crippen LogP contribution in [0.15, 0.2) is 47.1 Å². The van der Waals surface area contributed by atoms with Crippen molar-refractivity contribution in [2.24, 2.45) is 0 Å². The SMILES string of the molecule is CCCNC(Cc1cccc(Br)c1)Cc1ccnc(N)c1. The molecule has 0 aliphatic carbocycles. The minimum atomic E-state index is 0.404. The molecule has 0 saturated carbocycles. The molecule has 1 aromatic carbocycles. The summed E-state index contributed by atoms with van der Waals surface area (Å²) in [6.07, 6.45) is 4.87. The molecule has 4 heteroatoms. The van der Waals surface area contributed by atoms with Gasteiger partial charge in [0.15, 0.2) is 0 Å². The van der Waals surface area contributed by atoms with Gasteiger partial charge in [-0.1, -0.05) is 35.0 Å². The first-order valence-corrected chi connectivity index (χ1v) is 8.15. The van der Waals surface area contributed by atoms with E-state index in [1.54, 1.807) is 6.20 Å². The van der Waals surface area contributed by atoms with Gasteiger partial charge >= 0.3 is 0 Å². The van der Waals surface area contributed by atoms with Gasteiger partial charge in [0.1, 0.15) is 5.82 Å². The highest BCUT2D eigenvalue weighted by atomic mass is 79.9. The predicted octanol–water partition coefficient (Wildman–Crippen LogP) is 3.58. The molecule has 1 heterocycles. The van der Waals surface area contributed by atoms with Crippen LogP contribution in [0.2, 0.25) is 0 Å². The average Bonchev–Trinajstić information content (AvgIpc) is 2.45. The van der Waals surface area contributed by atoms with E-state index in [1.165, 1.54) is 11.1 Å². The molecule has 0 radical (unpaired) electrons. The van der Waals surface area contributed by atoms with Gasteiger partial charge in [-0.2, -0.15) is 0 Å². The lowest BCUT2D eigenvalue weighted by Crippen LogP contribution is -2.33. The van der Waals surface area contributed by atoms with Crippen LogP contribution in [-0.2, 0) is 12.8 Å². The zero-order chi connectivity index (χ0) is 15.1. The van der Waals surface area contributed by atoms with Gasteiger partial charge in [0.25, 0.3) is 0 Å². The van der Waals surface area contributed by atoms with Gasteiger partial charge in [0.05, 0.1) is 0 Å². The zero-order valence-electron chi connectivity index (χ0n) is 12.3. The Morgan fingerprint density at radius 1 is 1.19 bits per heavy atom. The quantitative estimate of drug-likeness (QED) is 0.804. The van der Waals surface area contributed by atoms with Crippen molar-refractivity contribution in [1.82, 2.24) is 10.3 Å². The summed E-state index contributed by atoms with van der Waals surface area (Å²) in [6.45, 7) is 3.22. The molecule has 3 N–H and O–H groups in total. The molecule has 0 aliphatic heterocycles. The van der Waals surface area contributed by atoms with E-state index in [4.69, 9.17) is 5.73 Å². The number of halogens is 1. The Kier molecular flexibility index (Phi) is 6.21. The van der Waals surface area contributed by atoms with Crippen LogP contribution < -0.4 is 11.1 Å². The fourth-order valence-electron chi connectivity index (χ4n) is 2.42. The van der Waals surface area contributed by atoms with Crippen LogP contribution in [-0.4, -0.2) is 17.6 Å². The second-order valence-corrected chi connectivity index (χ2v) is 6.19. The normalized spacial score (nSPS) is 12.3. The molecule has 21 heavy (non-hydrogen) atoms. The third kappa shape index (κ3) is 5.48. The van der Waals surface area contributed by atoms with Crippen molar-refractivity contribution >= 4 is 21.7 Å². The minimum Gasteiger partial charge on any atom is -0.384 e. The molecule has 1 atom stereocenters. The molecule has 0 amide bonds. The molecule has 112 valence electrons. The van der Waals surface area contributed by atoms with Crippen molar-refractivity contribution < 1.29 is 0 Å². The van der Waals surface area contributed by atoms with E-state index in [2.05, 4.69) is 57.4 Å². The Labute approximate surface area is 135 Å². The van der Waals surface area contributed by atoms with E-state index in [9.17, 15) is 0 Å². The average molecular weight is 348 g/mol. The Morgan fingerprint density at radius 2 is 1.95 bits per heavy atom. The Bertz CT molecular complexity index is 524. The summed E-state index contributed by atoms with van der Waals surface area (Å²) in [4.78, 5) is 4.06. The van der Waals surface area contributed by atoms with Gasteiger partial charge in [0.2, 0.25) is 0 Å². The second kappa shape index (κ2) is 8.15. The molecule has 2 aromatic rings. The van der Waals surface area contributed by atoms with Gasteiger partial charge < -0.3 is 11.1 Å². The number of rotatable bonds is 7. The fraction of sp³-hybridized carbons (Fsp3) is 0.353. The first-order valence-electron chi connectivity index (χ1n) is 7.35. The maximum atomic E-state index is 5.77. The number of nitrogens with one attached hydrogen (secondary N) is 1. The third-order valence-corrected chi connectivity index (χ3v) is 3.87. The smallest absolute Gasteiger partial charge is 0.123 e. The van der Waals surface area contributed by atoms with Crippen LogP contribution in [0.5, 0.6) is 0 Å². The highest BCUT2D eigenvalue weighted by molar-refractivity contribution is 9.10. The number of hydrogen-bond acceptors (Lipinski definition) is 3. The highest BCUT2D eigenvalue weighted by Gasteiger charge is 2.10. The lowest BCUT2D eigenvalue weighted by atomic mass is 9.99. The Morgan fingerprint density at radius 3 is 2.62 bits per heavy atom. The maximum Gasteiger partial charge on any atom is 0.123 e. The first-order chi connectivity index (χ1) is 10.2. The molecule has 2 rings (SSSR count). The van der Waals surface area contributed by atoms with Gasteiger partial charge in [-0.25, -0.2) is 4.98 Å². The second-order valence-electron chi connectivity index (χ2n) is 5.28. The van der Waals surface area contributed by atoms with Crippen molar-refractivity contribution in [3.8, 4) is 0 Å². The predicted molar refractivity (Wildman–Crippen MR) is 92.3 cm³/mol. The number of benzene rings is 1. The molecule has 1 aromatic heterocycles. The molecular formula is C17H22BrN3. The molecule has 0 bridgehead atoms. The minimum absolute atomic E-state index is 0.404. The van der Waals surface area contributed by atoms with Crippen LogP contribution in [0.3, 0.4) is 0 Å². The molecular weight excluding hydrogens is 326 g/mol. The number of nitrogens with two attached hydrogens (primary N) is 1. The van der Waals surface area contributed by atoms with E-state index in [0.717, 1.165) is 30.3 Å². The van der Waals surface area contributed by atoms with Crippen LogP contribution in [0.4, 0.5) is 5.82 Å². The van der Waals surface area contributed by atoms with E-state index < -0.39 is 0 Å². The monoisotopic (exact) mass is 347 g/mol. The number of aromatic nitrogens is 1.